The highest BCUT2D eigenvalue weighted by Gasteiger charge is 2.23. The van der Waals surface area contributed by atoms with Crippen LogP contribution in [0.1, 0.15) is 25.1 Å². The number of hydrogen-bond donors (Lipinski definition) is 3. The first-order valence-electron chi connectivity index (χ1n) is 9.59. The molecule has 1 aromatic heterocycles. The second-order valence-corrected chi connectivity index (χ2v) is 7.32. The predicted molar refractivity (Wildman–Crippen MR) is 126 cm³/mol. The number of aromatic nitrogens is 2. The molecule has 1 heterocycles. The van der Waals surface area contributed by atoms with Gasteiger partial charge in [-0.1, -0.05) is 17.7 Å². The Balaban J connectivity index is 1.99. The molecular weight excluding hydrogens is 426 g/mol. The molecule has 0 fully saturated rings. The number of halogens is 1. The number of nitrogens with one attached hydrogen (secondary N) is 3. The van der Waals surface area contributed by atoms with Crippen LogP contribution in [-0.2, 0) is 0 Å². The van der Waals surface area contributed by atoms with Crippen LogP contribution in [0.4, 0.5) is 23.1 Å². The molecule has 2 rings (SSSR count). The maximum Gasteiger partial charge on any atom is 0.332 e. The molecule has 30 heavy (non-hydrogen) atoms. The van der Waals surface area contributed by atoms with Crippen molar-refractivity contribution in [3.63, 3.8) is 0 Å². The molecule has 0 bridgehead atoms. The zero-order chi connectivity index (χ0) is 22.3. The van der Waals surface area contributed by atoms with Crippen molar-refractivity contribution in [2.24, 2.45) is 0 Å². The summed E-state index contributed by atoms with van der Waals surface area (Å²) in [4.78, 5) is 21.6. The van der Waals surface area contributed by atoms with Gasteiger partial charge in [-0.2, -0.15) is 4.98 Å². The fourth-order valence-corrected chi connectivity index (χ4v) is 3.15. The van der Waals surface area contributed by atoms with E-state index < -0.39 is 4.92 Å². The van der Waals surface area contributed by atoms with Crippen LogP contribution in [0.3, 0.4) is 0 Å². The molecule has 11 heteroatoms. The van der Waals surface area contributed by atoms with Gasteiger partial charge in [0.25, 0.3) is 0 Å². The van der Waals surface area contributed by atoms with E-state index in [0.717, 1.165) is 11.3 Å². The maximum absolute atomic E-state index is 11.5. The van der Waals surface area contributed by atoms with E-state index in [-0.39, 0.29) is 11.5 Å². The van der Waals surface area contributed by atoms with Crippen molar-refractivity contribution in [1.29, 1.82) is 0 Å². The highest BCUT2D eigenvalue weighted by atomic mass is 35.5. The number of rotatable bonds is 9. The average Bonchev–Trinajstić information content (AvgIpc) is 2.68. The Morgan fingerprint density at radius 2 is 1.93 bits per heavy atom. The van der Waals surface area contributed by atoms with E-state index in [1.807, 2.05) is 37.8 Å². The van der Waals surface area contributed by atoms with Crippen molar-refractivity contribution >= 4 is 52.1 Å². The van der Waals surface area contributed by atoms with Crippen LogP contribution in [0.25, 0.3) is 0 Å². The van der Waals surface area contributed by atoms with Crippen LogP contribution in [-0.4, -0.2) is 46.2 Å². The lowest BCUT2D eigenvalue weighted by Gasteiger charge is -2.20. The van der Waals surface area contributed by atoms with Crippen molar-refractivity contribution in [2.75, 3.05) is 41.7 Å². The molecule has 0 atom stereocenters. The molecule has 3 N–H and O–H groups in total. The summed E-state index contributed by atoms with van der Waals surface area (Å²) in [5.74, 6) is 0.660. The predicted octanol–water partition coefficient (Wildman–Crippen LogP) is 3.90. The third-order valence-corrected chi connectivity index (χ3v) is 5.06. The molecule has 0 aliphatic carbocycles. The second-order valence-electron chi connectivity index (χ2n) is 6.51. The molecule has 0 radical (unpaired) electrons. The van der Waals surface area contributed by atoms with E-state index in [9.17, 15) is 10.1 Å². The minimum absolute atomic E-state index is 0.124. The fraction of sp³-hybridized carbons (Fsp3) is 0.421. The normalized spacial score (nSPS) is 10.4. The summed E-state index contributed by atoms with van der Waals surface area (Å²) >= 11 is 11.4. The van der Waals surface area contributed by atoms with Crippen molar-refractivity contribution in [3.05, 3.63) is 44.6 Å². The van der Waals surface area contributed by atoms with Crippen LogP contribution in [0.5, 0.6) is 0 Å². The third-order valence-electron chi connectivity index (χ3n) is 4.41. The van der Waals surface area contributed by atoms with Crippen molar-refractivity contribution in [2.45, 2.75) is 27.7 Å². The van der Waals surface area contributed by atoms with Gasteiger partial charge >= 0.3 is 5.69 Å². The minimum Gasteiger partial charge on any atom is -0.362 e. The molecule has 0 saturated heterocycles. The van der Waals surface area contributed by atoms with E-state index in [4.69, 9.17) is 23.8 Å². The van der Waals surface area contributed by atoms with Crippen LogP contribution in [0.15, 0.2) is 18.2 Å². The highest BCUT2D eigenvalue weighted by molar-refractivity contribution is 7.80. The first-order valence-corrected chi connectivity index (χ1v) is 10.4. The third kappa shape index (κ3) is 6.14. The lowest BCUT2D eigenvalue weighted by atomic mass is 10.2. The molecule has 0 aliphatic heterocycles. The number of benzene rings is 1. The summed E-state index contributed by atoms with van der Waals surface area (Å²) in [6, 6.07) is 5.58. The van der Waals surface area contributed by atoms with Crippen molar-refractivity contribution in [3.8, 4) is 0 Å². The lowest BCUT2D eigenvalue weighted by molar-refractivity contribution is -0.385. The van der Waals surface area contributed by atoms with Gasteiger partial charge in [0.2, 0.25) is 11.8 Å². The topological polar surface area (TPSA) is 108 Å². The van der Waals surface area contributed by atoms with E-state index >= 15 is 0 Å². The number of aryl methyl sites for hydroxylation is 2. The Labute approximate surface area is 186 Å². The number of hydrogen-bond acceptors (Lipinski definition) is 7. The molecule has 0 amide bonds. The van der Waals surface area contributed by atoms with E-state index in [1.165, 1.54) is 0 Å². The molecule has 0 aliphatic rings. The SMILES string of the molecule is CCN(CC)c1nc(C)c([N+](=O)[O-])c(NCCNC(=S)Nc2ccc(C)c(Cl)c2)n1. The summed E-state index contributed by atoms with van der Waals surface area (Å²) in [6.45, 7) is 9.73. The molecule has 9 nitrogen and oxygen atoms in total. The van der Waals surface area contributed by atoms with Gasteiger partial charge in [0.1, 0.15) is 5.69 Å². The molecule has 1 aromatic carbocycles. The monoisotopic (exact) mass is 451 g/mol. The molecule has 2 aromatic rings. The van der Waals surface area contributed by atoms with E-state index in [0.29, 0.717) is 48.0 Å². The Bertz CT molecular complexity index is 922. The van der Waals surface area contributed by atoms with E-state index in [2.05, 4.69) is 25.9 Å². The fourth-order valence-electron chi connectivity index (χ4n) is 2.74. The van der Waals surface area contributed by atoms with Gasteiger partial charge in [0.15, 0.2) is 5.11 Å². The van der Waals surface area contributed by atoms with Crippen LogP contribution in [0, 0.1) is 24.0 Å². The average molecular weight is 452 g/mol. The van der Waals surface area contributed by atoms with Gasteiger partial charge in [-0.3, -0.25) is 10.1 Å². The first-order chi connectivity index (χ1) is 14.3. The number of nitro groups is 1. The summed E-state index contributed by atoms with van der Waals surface area (Å²) in [5, 5.41) is 21.7. The molecule has 0 saturated carbocycles. The zero-order valence-electron chi connectivity index (χ0n) is 17.5. The Kier molecular flexibility index (Phi) is 8.55. The molecule has 0 spiro atoms. The van der Waals surface area contributed by atoms with Gasteiger partial charge in [0.05, 0.1) is 4.92 Å². The quantitative estimate of drug-likeness (QED) is 0.226. The standard InChI is InChI=1S/C19H26ClN7O2S/c1-5-26(6-2)18-23-13(4)16(27(28)29)17(25-18)21-9-10-22-19(30)24-14-8-7-12(3)15(20)11-14/h7-8,11H,5-6,9-10H2,1-4H3,(H,21,23,25)(H2,22,24,30). The zero-order valence-corrected chi connectivity index (χ0v) is 19.0. The number of nitrogens with zero attached hydrogens (tertiary/aromatic N) is 4. The smallest absolute Gasteiger partial charge is 0.332 e. The lowest BCUT2D eigenvalue weighted by Crippen LogP contribution is -2.32. The Hall–Kier alpha value is -2.72. The maximum atomic E-state index is 11.5. The minimum atomic E-state index is -0.468. The Morgan fingerprint density at radius 3 is 2.53 bits per heavy atom. The van der Waals surface area contributed by atoms with Crippen LogP contribution < -0.4 is 20.9 Å². The van der Waals surface area contributed by atoms with Gasteiger partial charge < -0.3 is 20.9 Å². The summed E-state index contributed by atoms with van der Waals surface area (Å²) in [6.07, 6.45) is 0. The molecular formula is C19H26ClN7O2S. The highest BCUT2D eigenvalue weighted by Crippen LogP contribution is 2.27. The van der Waals surface area contributed by atoms with Gasteiger partial charge in [-0.25, -0.2) is 4.98 Å². The van der Waals surface area contributed by atoms with Crippen LogP contribution in [0.2, 0.25) is 5.02 Å². The van der Waals surface area contributed by atoms with Gasteiger partial charge in [0, 0.05) is 36.9 Å². The number of thiocarbonyl (C=S) groups is 1. The van der Waals surface area contributed by atoms with E-state index in [1.54, 1.807) is 13.0 Å². The largest absolute Gasteiger partial charge is 0.362 e. The van der Waals surface area contributed by atoms with Crippen molar-refractivity contribution in [1.82, 2.24) is 15.3 Å². The summed E-state index contributed by atoms with van der Waals surface area (Å²) < 4.78 is 0. The second kappa shape index (κ2) is 10.9. The summed E-state index contributed by atoms with van der Waals surface area (Å²) in [7, 11) is 0. The van der Waals surface area contributed by atoms with Gasteiger partial charge in [-0.05, 0) is 57.6 Å². The number of anilines is 3. The summed E-state index contributed by atoms with van der Waals surface area (Å²) in [5.41, 5.74) is 1.96. The molecule has 162 valence electrons. The molecule has 0 unspecified atom stereocenters. The van der Waals surface area contributed by atoms with Crippen LogP contribution >= 0.6 is 23.8 Å². The van der Waals surface area contributed by atoms with Gasteiger partial charge in [-0.15, -0.1) is 0 Å². The Morgan fingerprint density at radius 1 is 1.23 bits per heavy atom. The first kappa shape index (κ1) is 23.6. The van der Waals surface area contributed by atoms with Crippen molar-refractivity contribution < 1.29 is 4.92 Å².